The topological polar surface area (TPSA) is 118 Å². The van der Waals surface area contributed by atoms with Crippen LogP contribution in [0.3, 0.4) is 0 Å². The number of para-hydroxylation sites is 1. The third-order valence-corrected chi connectivity index (χ3v) is 3.47. The molecule has 5 nitrogen and oxygen atoms in total. The smallest absolute Gasteiger partial charge is 0.831 e. The van der Waals surface area contributed by atoms with E-state index in [0.717, 1.165) is 4.47 Å². The number of aliphatic hydroxyl groups is 1. The average Bonchev–Trinajstić information content (AvgIpc) is 2.41. The number of hydrogen-bond acceptors (Lipinski definition) is 4. The van der Waals surface area contributed by atoms with Gasteiger partial charge in [-0.05, 0) is 48.6 Å². The van der Waals surface area contributed by atoms with Gasteiger partial charge in [0.2, 0.25) is 0 Å². The van der Waals surface area contributed by atoms with Gasteiger partial charge in [-0.1, -0.05) is 28.1 Å². The van der Waals surface area contributed by atoms with Gasteiger partial charge in [0.1, 0.15) is 0 Å². The number of nitrogens with two attached hydrogens (primary N) is 1. The molecule has 0 saturated heterocycles. The van der Waals surface area contributed by atoms with Gasteiger partial charge in [-0.3, -0.25) is 4.79 Å². The Morgan fingerprint density at radius 1 is 1.23 bits per heavy atom. The van der Waals surface area contributed by atoms with Crippen LogP contribution in [0.15, 0.2) is 46.9 Å². The fourth-order valence-electron chi connectivity index (χ4n) is 1.93. The van der Waals surface area contributed by atoms with Crippen LogP contribution in [0.2, 0.25) is 0 Å². The number of benzene rings is 2. The predicted octanol–water partition coefficient (Wildman–Crippen LogP) is -2.34. The molecule has 2 aromatic carbocycles. The summed E-state index contributed by atoms with van der Waals surface area (Å²) in [5, 5.41) is 19.8. The molecule has 0 aliphatic rings. The molecule has 0 bridgehead atoms. The minimum Gasteiger partial charge on any atom is -0.831 e. The molecule has 112 valence electrons. The molecular formula is C15H15BrNNaO4. The maximum Gasteiger partial charge on any atom is 1.00 e. The van der Waals surface area contributed by atoms with E-state index >= 15 is 0 Å². The molecule has 0 aliphatic heterocycles. The molecule has 0 spiro atoms. The second-order valence-corrected chi connectivity index (χ2v) is 5.29. The molecule has 0 heterocycles. The van der Waals surface area contributed by atoms with Gasteiger partial charge in [0.05, 0.1) is 0 Å². The van der Waals surface area contributed by atoms with Crippen LogP contribution in [0.1, 0.15) is 21.5 Å². The first-order chi connectivity index (χ1) is 9.49. The van der Waals surface area contributed by atoms with E-state index in [2.05, 4.69) is 15.9 Å². The monoisotopic (exact) mass is 375 g/mol. The van der Waals surface area contributed by atoms with Crippen LogP contribution in [0.5, 0.6) is 0 Å². The summed E-state index contributed by atoms with van der Waals surface area (Å²) < 4.78 is 0.880. The Hall–Kier alpha value is -0.730. The van der Waals surface area contributed by atoms with Crippen molar-refractivity contribution in [2.45, 2.75) is 12.7 Å². The maximum atomic E-state index is 12.4. The van der Waals surface area contributed by atoms with Crippen molar-refractivity contribution in [1.29, 1.82) is 0 Å². The van der Waals surface area contributed by atoms with E-state index < -0.39 is 6.29 Å². The normalized spacial score (nSPS) is 11.0. The van der Waals surface area contributed by atoms with Crippen LogP contribution in [0.4, 0.5) is 5.69 Å². The molecule has 22 heavy (non-hydrogen) atoms. The molecule has 1 unspecified atom stereocenters. The third kappa shape index (κ3) is 5.17. The number of anilines is 1. The fourth-order valence-corrected chi connectivity index (χ4v) is 2.20. The van der Waals surface area contributed by atoms with Crippen molar-refractivity contribution in [3.63, 3.8) is 0 Å². The van der Waals surface area contributed by atoms with Crippen LogP contribution < -0.4 is 40.4 Å². The second-order valence-electron chi connectivity index (χ2n) is 4.37. The number of hydrogen-bond donors (Lipinski definition) is 2. The van der Waals surface area contributed by atoms with Gasteiger partial charge >= 0.3 is 29.6 Å². The zero-order valence-electron chi connectivity index (χ0n) is 12.0. The summed E-state index contributed by atoms with van der Waals surface area (Å²) in [4.78, 5) is 12.4. The van der Waals surface area contributed by atoms with E-state index in [-0.39, 0.29) is 52.9 Å². The van der Waals surface area contributed by atoms with E-state index in [4.69, 9.17) is 10.8 Å². The molecule has 0 radical (unpaired) electrons. The van der Waals surface area contributed by atoms with Crippen LogP contribution in [-0.2, 0) is 6.42 Å². The Morgan fingerprint density at radius 2 is 1.82 bits per heavy atom. The van der Waals surface area contributed by atoms with E-state index in [1.807, 2.05) is 0 Å². The molecule has 0 saturated carbocycles. The van der Waals surface area contributed by atoms with Gasteiger partial charge in [-0.25, -0.2) is 0 Å². The first-order valence-electron chi connectivity index (χ1n) is 6.00. The largest absolute Gasteiger partial charge is 1.00 e. The van der Waals surface area contributed by atoms with E-state index in [0.29, 0.717) is 16.7 Å². The summed E-state index contributed by atoms with van der Waals surface area (Å²) in [5.41, 5.74) is 7.50. The minimum atomic E-state index is -1.74. The van der Waals surface area contributed by atoms with Crippen molar-refractivity contribution in [1.82, 2.24) is 0 Å². The first kappa shape index (κ1) is 21.3. The van der Waals surface area contributed by atoms with Crippen molar-refractivity contribution >= 4 is 27.4 Å². The van der Waals surface area contributed by atoms with Gasteiger partial charge < -0.3 is 21.4 Å². The molecule has 2 rings (SSSR count). The Morgan fingerprint density at radius 3 is 2.36 bits per heavy atom. The summed E-state index contributed by atoms with van der Waals surface area (Å²) in [7, 11) is 0. The van der Waals surface area contributed by atoms with Crippen LogP contribution in [-0.4, -0.2) is 22.7 Å². The van der Waals surface area contributed by atoms with Gasteiger partial charge in [0, 0.05) is 21.3 Å². The van der Waals surface area contributed by atoms with Crippen LogP contribution >= 0.6 is 15.9 Å². The zero-order chi connectivity index (χ0) is 14.7. The quantitative estimate of drug-likeness (QED) is 0.269. The summed E-state index contributed by atoms with van der Waals surface area (Å²) in [6.07, 6.45) is -1.86. The number of carbonyl (C=O) groups is 1. The summed E-state index contributed by atoms with van der Waals surface area (Å²) in [6.45, 7) is 0. The molecular weight excluding hydrogens is 361 g/mol. The molecule has 2 aromatic rings. The number of ketones is 1. The standard InChI is InChI=1S/C15H13BrNO3.Na.H2O/c16-11-6-4-9(5-7-11)15(20)12-3-1-2-10(14(12)17)8-13(18)19;;/h1-7,13,18H,8,17H2;;1H2/q-1;+1;. The van der Waals surface area contributed by atoms with E-state index in [9.17, 15) is 9.90 Å². The van der Waals surface area contributed by atoms with E-state index in [1.165, 1.54) is 0 Å². The maximum absolute atomic E-state index is 12.4. The fraction of sp³-hybridized carbons (Fsp3) is 0.133. The average molecular weight is 376 g/mol. The second kappa shape index (κ2) is 9.42. The SMILES string of the molecule is Nc1c(CC([O-])O)cccc1C(=O)c1ccc(Br)cc1.O.[Na+]. The molecule has 0 fully saturated rings. The molecule has 7 heteroatoms. The number of halogens is 1. The number of aliphatic hydroxyl groups excluding tert-OH is 1. The van der Waals surface area contributed by atoms with Crippen molar-refractivity contribution < 1.29 is 50.0 Å². The van der Waals surface area contributed by atoms with Gasteiger partial charge in [-0.2, -0.15) is 0 Å². The van der Waals surface area contributed by atoms with Crippen LogP contribution in [0.25, 0.3) is 0 Å². The summed E-state index contributed by atoms with van der Waals surface area (Å²) >= 11 is 3.31. The Kier molecular flexibility index (Phi) is 9.11. The summed E-state index contributed by atoms with van der Waals surface area (Å²) in [6, 6.07) is 11.8. The predicted molar refractivity (Wildman–Crippen MR) is 81.8 cm³/mol. The Labute approximate surface area is 158 Å². The van der Waals surface area contributed by atoms with Gasteiger partial charge in [0.25, 0.3) is 0 Å². The van der Waals surface area contributed by atoms with Crippen molar-refractivity contribution in [3.8, 4) is 0 Å². The third-order valence-electron chi connectivity index (χ3n) is 2.94. The Balaban J connectivity index is 0.00000220. The molecule has 5 N–H and O–H groups in total. The molecule has 0 amide bonds. The van der Waals surface area contributed by atoms with Crippen molar-refractivity contribution in [3.05, 3.63) is 63.6 Å². The molecule has 0 aliphatic carbocycles. The number of carbonyl (C=O) groups excluding carboxylic acids is 1. The minimum absolute atomic E-state index is 0. The zero-order valence-corrected chi connectivity index (χ0v) is 15.6. The van der Waals surface area contributed by atoms with Crippen molar-refractivity contribution in [2.24, 2.45) is 0 Å². The van der Waals surface area contributed by atoms with Crippen LogP contribution in [0, 0.1) is 0 Å². The Bertz CT molecular complexity index is 632. The van der Waals surface area contributed by atoms with E-state index in [1.54, 1.807) is 42.5 Å². The molecule has 0 aromatic heterocycles. The van der Waals surface area contributed by atoms with Gasteiger partial charge in [0.15, 0.2) is 5.78 Å². The number of nitrogen functional groups attached to an aromatic ring is 1. The first-order valence-corrected chi connectivity index (χ1v) is 6.80. The van der Waals surface area contributed by atoms with Crippen molar-refractivity contribution in [2.75, 3.05) is 5.73 Å². The summed E-state index contributed by atoms with van der Waals surface area (Å²) in [5.74, 6) is -0.211. The number of rotatable bonds is 4. The molecule has 1 atom stereocenters. The van der Waals surface area contributed by atoms with Gasteiger partial charge in [-0.15, -0.1) is 0 Å².